The highest BCUT2D eigenvalue weighted by Gasteiger charge is 2.04. The lowest BCUT2D eigenvalue weighted by molar-refractivity contribution is 0.284. The standard InChI is InChI=1S/C15H26N2/c1-4-12-17(5-2)13-11-16-14(3)15-9-7-6-8-10-15/h6-10,14,16H,4-5,11-13H2,1-3H3. The molecule has 0 aromatic heterocycles. The topological polar surface area (TPSA) is 15.3 Å². The Morgan fingerprint density at radius 3 is 2.41 bits per heavy atom. The van der Waals surface area contributed by atoms with Crippen LogP contribution in [-0.4, -0.2) is 31.1 Å². The zero-order valence-corrected chi connectivity index (χ0v) is 11.4. The number of hydrogen-bond acceptors (Lipinski definition) is 2. The summed E-state index contributed by atoms with van der Waals surface area (Å²) in [6, 6.07) is 11.1. The smallest absolute Gasteiger partial charge is 0.0292 e. The molecule has 0 bridgehead atoms. The molecule has 0 spiro atoms. The lowest BCUT2D eigenvalue weighted by Crippen LogP contribution is -2.33. The minimum absolute atomic E-state index is 0.441. The van der Waals surface area contributed by atoms with Crippen LogP contribution in [0.5, 0.6) is 0 Å². The molecule has 0 heterocycles. The van der Waals surface area contributed by atoms with E-state index < -0.39 is 0 Å². The Balaban J connectivity index is 2.26. The van der Waals surface area contributed by atoms with E-state index in [0.717, 1.165) is 19.6 Å². The van der Waals surface area contributed by atoms with Gasteiger partial charge in [0.2, 0.25) is 0 Å². The van der Waals surface area contributed by atoms with Gasteiger partial charge in [0, 0.05) is 19.1 Å². The van der Waals surface area contributed by atoms with E-state index >= 15 is 0 Å². The van der Waals surface area contributed by atoms with Gasteiger partial charge in [-0.2, -0.15) is 0 Å². The number of benzene rings is 1. The second-order valence-corrected chi connectivity index (χ2v) is 4.52. The average Bonchev–Trinajstić information content (AvgIpc) is 2.38. The molecule has 1 atom stereocenters. The van der Waals surface area contributed by atoms with Gasteiger partial charge in [-0.1, -0.05) is 44.2 Å². The van der Waals surface area contributed by atoms with Gasteiger partial charge in [-0.15, -0.1) is 0 Å². The maximum Gasteiger partial charge on any atom is 0.0292 e. The van der Waals surface area contributed by atoms with Crippen molar-refractivity contribution in [3.8, 4) is 0 Å². The molecule has 0 saturated heterocycles. The molecular formula is C15H26N2. The Labute approximate surface area is 106 Å². The first-order chi connectivity index (χ1) is 8.27. The number of rotatable bonds is 8. The van der Waals surface area contributed by atoms with Crippen LogP contribution in [0.1, 0.15) is 38.8 Å². The van der Waals surface area contributed by atoms with E-state index in [-0.39, 0.29) is 0 Å². The van der Waals surface area contributed by atoms with Gasteiger partial charge in [0.15, 0.2) is 0 Å². The molecule has 0 radical (unpaired) electrons. The first kappa shape index (κ1) is 14.2. The van der Waals surface area contributed by atoms with Crippen molar-refractivity contribution in [2.24, 2.45) is 0 Å². The van der Waals surface area contributed by atoms with Gasteiger partial charge in [-0.3, -0.25) is 0 Å². The van der Waals surface area contributed by atoms with Gasteiger partial charge in [0.1, 0.15) is 0 Å². The van der Waals surface area contributed by atoms with Crippen molar-refractivity contribution in [1.29, 1.82) is 0 Å². The van der Waals surface area contributed by atoms with Crippen LogP contribution in [0, 0.1) is 0 Å². The summed E-state index contributed by atoms with van der Waals surface area (Å²) in [5.41, 5.74) is 1.37. The summed E-state index contributed by atoms with van der Waals surface area (Å²) >= 11 is 0. The molecule has 0 aliphatic rings. The van der Waals surface area contributed by atoms with Crippen molar-refractivity contribution < 1.29 is 0 Å². The predicted octanol–water partition coefficient (Wildman–Crippen LogP) is 3.07. The quantitative estimate of drug-likeness (QED) is 0.743. The summed E-state index contributed by atoms with van der Waals surface area (Å²) in [6.07, 6.45) is 1.24. The summed E-state index contributed by atoms with van der Waals surface area (Å²) in [5.74, 6) is 0. The summed E-state index contributed by atoms with van der Waals surface area (Å²) in [7, 11) is 0. The number of hydrogen-bond donors (Lipinski definition) is 1. The number of nitrogens with one attached hydrogen (secondary N) is 1. The van der Waals surface area contributed by atoms with E-state index in [4.69, 9.17) is 0 Å². The Morgan fingerprint density at radius 1 is 1.12 bits per heavy atom. The van der Waals surface area contributed by atoms with Crippen molar-refractivity contribution in [3.63, 3.8) is 0 Å². The van der Waals surface area contributed by atoms with Crippen LogP contribution >= 0.6 is 0 Å². The highest BCUT2D eigenvalue weighted by molar-refractivity contribution is 5.17. The fraction of sp³-hybridized carbons (Fsp3) is 0.600. The van der Waals surface area contributed by atoms with E-state index in [2.05, 4.69) is 61.3 Å². The highest BCUT2D eigenvalue weighted by atomic mass is 15.1. The molecule has 17 heavy (non-hydrogen) atoms. The molecule has 0 amide bonds. The van der Waals surface area contributed by atoms with Gasteiger partial charge >= 0.3 is 0 Å². The molecule has 96 valence electrons. The fourth-order valence-electron chi connectivity index (χ4n) is 2.04. The van der Waals surface area contributed by atoms with Crippen molar-refractivity contribution in [1.82, 2.24) is 10.2 Å². The molecule has 1 aromatic carbocycles. The highest BCUT2D eigenvalue weighted by Crippen LogP contribution is 2.10. The monoisotopic (exact) mass is 234 g/mol. The summed E-state index contributed by atoms with van der Waals surface area (Å²) in [4.78, 5) is 2.49. The van der Waals surface area contributed by atoms with Crippen molar-refractivity contribution in [2.45, 2.75) is 33.2 Å². The van der Waals surface area contributed by atoms with E-state index in [0.29, 0.717) is 6.04 Å². The van der Waals surface area contributed by atoms with Crippen LogP contribution in [0.3, 0.4) is 0 Å². The summed E-state index contributed by atoms with van der Waals surface area (Å²) in [5, 5.41) is 3.58. The molecule has 0 aliphatic carbocycles. The third-order valence-electron chi connectivity index (χ3n) is 3.17. The normalized spacial score (nSPS) is 12.9. The Morgan fingerprint density at radius 2 is 1.82 bits per heavy atom. The third kappa shape index (κ3) is 5.33. The Hall–Kier alpha value is -0.860. The second-order valence-electron chi connectivity index (χ2n) is 4.52. The minimum Gasteiger partial charge on any atom is -0.309 e. The van der Waals surface area contributed by atoms with E-state index in [9.17, 15) is 0 Å². The summed E-state index contributed by atoms with van der Waals surface area (Å²) in [6.45, 7) is 11.3. The van der Waals surface area contributed by atoms with Gasteiger partial charge < -0.3 is 10.2 Å². The number of nitrogens with zero attached hydrogens (tertiary/aromatic N) is 1. The maximum absolute atomic E-state index is 3.58. The average molecular weight is 234 g/mol. The largest absolute Gasteiger partial charge is 0.309 e. The second kappa shape index (κ2) is 8.26. The molecule has 0 saturated carbocycles. The molecule has 1 N–H and O–H groups in total. The van der Waals surface area contributed by atoms with Crippen LogP contribution in [0.15, 0.2) is 30.3 Å². The van der Waals surface area contributed by atoms with Gasteiger partial charge in [-0.05, 0) is 32.0 Å². The van der Waals surface area contributed by atoms with Gasteiger partial charge in [0.05, 0.1) is 0 Å². The maximum atomic E-state index is 3.58. The predicted molar refractivity (Wildman–Crippen MR) is 75.3 cm³/mol. The first-order valence-electron chi connectivity index (χ1n) is 6.78. The van der Waals surface area contributed by atoms with E-state index in [1.807, 2.05) is 0 Å². The van der Waals surface area contributed by atoms with Crippen LogP contribution in [-0.2, 0) is 0 Å². The minimum atomic E-state index is 0.441. The lowest BCUT2D eigenvalue weighted by atomic mass is 10.1. The summed E-state index contributed by atoms with van der Waals surface area (Å²) < 4.78 is 0. The zero-order valence-electron chi connectivity index (χ0n) is 11.4. The Kier molecular flexibility index (Phi) is 6.90. The van der Waals surface area contributed by atoms with Crippen molar-refractivity contribution >= 4 is 0 Å². The Bertz CT molecular complexity index is 284. The molecule has 2 heteroatoms. The van der Waals surface area contributed by atoms with Crippen LogP contribution in [0.2, 0.25) is 0 Å². The molecule has 1 unspecified atom stereocenters. The molecule has 0 fully saturated rings. The van der Waals surface area contributed by atoms with Crippen molar-refractivity contribution in [3.05, 3.63) is 35.9 Å². The van der Waals surface area contributed by atoms with Crippen LogP contribution in [0.4, 0.5) is 0 Å². The van der Waals surface area contributed by atoms with E-state index in [1.54, 1.807) is 0 Å². The SMILES string of the molecule is CCCN(CC)CCNC(C)c1ccccc1. The van der Waals surface area contributed by atoms with E-state index in [1.165, 1.54) is 18.5 Å². The van der Waals surface area contributed by atoms with Crippen molar-refractivity contribution in [2.75, 3.05) is 26.2 Å². The van der Waals surface area contributed by atoms with Crippen LogP contribution < -0.4 is 5.32 Å². The molecule has 0 aliphatic heterocycles. The van der Waals surface area contributed by atoms with Gasteiger partial charge in [0.25, 0.3) is 0 Å². The van der Waals surface area contributed by atoms with Gasteiger partial charge in [-0.25, -0.2) is 0 Å². The number of likely N-dealkylation sites (N-methyl/N-ethyl adjacent to an activating group) is 1. The third-order valence-corrected chi connectivity index (χ3v) is 3.17. The molecular weight excluding hydrogens is 208 g/mol. The first-order valence-corrected chi connectivity index (χ1v) is 6.78. The lowest BCUT2D eigenvalue weighted by Gasteiger charge is -2.21. The molecule has 1 rings (SSSR count). The fourth-order valence-corrected chi connectivity index (χ4v) is 2.04. The van der Waals surface area contributed by atoms with Crippen LogP contribution in [0.25, 0.3) is 0 Å². The zero-order chi connectivity index (χ0) is 12.5. The molecule has 2 nitrogen and oxygen atoms in total. The molecule has 1 aromatic rings.